The molecule has 672 valence electrons. The number of rotatable bonds is 56. The molecule has 0 amide bonds. The van der Waals surface area contributed by atoms with Crippen molar-refractivity contribution >= 4 is 6.08 Å². The number of benzene rings is 6. The highest BCUT2D eigenvalue weighted by molar-refractivity contribution is 5.48. The van der Waals surface area contributed by atoms with Crippen molar-refractivity contribution in [2.75, 3.05) is 80.8 Å². The van der Waals surface area contributed by atoms with Gasteiger partial charge in [0.05, 0.1) is 51.8 Å². The first kappa shape index (κ1) is 107. The van der Waals surface area contributed by atoms with Crippen LogP contribution in [-0.2, 0) is 94.3 Å². The van der Waals surface area contributed by atoms with Crippen LogP contribution in [0, 0.1) is 0 Å². The van der Waals surface area contributed by atoms with E-state index in [9.17, 15) is 0 Å². The lowest BCUT2D eigenvalue weighted by Crippen LogP contribution is -2.11. The summed E-state index contributed by atoms with van der Waals surface area (Å²) in [4.78, 5) is 0. The minimum Gasteiger partial charge on any atom is -0.497 e. The third-order valence-corrected chi connectivity index (χ3v) is 22.0. The van der Waals surface area contributed by atoms with Gasteiger partial charge in [0.25, 0.3) is 0 Å². The molecular weight excluding hydrogens is 1490 g/mol. The quantitative estimate of drug-likeness (QED) is 0.0272. The Labute approximate surface area is 739 Å². The van der Waals surface area contributed by atoms with Crippen LogP contribution in [0.2, 0.25) is 0 Å². The van der Waals surface area contributed by atoms with Gasteiger partial charge in [0.1, 0.15) is 28.7 Å². The summed E-state index contributed by atoms with van der Waals surface area (Å²) in [5, 5.41) is 0. The van der Waals surface area contributed by atoms with Crippen molar-refractivity contribution in [3.63, 3.8) is 0 Å². The van der Waals surface area contributed by atoms with Crippen molar-refractivity contribution in [1.29, 1.82) is 0 Å². The summed E-state index contributed by atoms with van der Waals surface area (Å²) in [6, 6.07) is 40.8. The van der Waals surface area contributed by atoms with Gasteiger partial charge in [-0.1, -0.05) is 261 Å². The molecule has 0 heterocycles. The summed E-state index contributed by atoms with van der Waals surface area (Å²) >= 11 is 0. The SMILES string of the molecule is C=CC(C=C)OCCC.C=CC(C=C)OCCCCCCC.C=CCC(CC=C)OCCCCC.C=Cc1ccc(OCCCCCCCCOC)cc1.CCCCCCCOc1ccc2c(c1)CC2.CCCCCCOc1ccc2c(c1)CC2.CCCc1ccc2c(c1)CC2.COCCCCOc1ccc2c(c1)CC2.COc1ccc2c(c1)CC2. The Bertz CT molecular complexity index is 3510. The molecule has 11 rings (SSSR count). The summed E-state index contributed by atoms with van der Waals surface area (Å²) in [5.74, 6) is 5.08. The van der Waals surface area contributed by atoms with Gasteiger partial charge in [-0.2, -0.15) is 0 Å². The zero-order valence-corrected chi connectivity index (χ0v) is 77.9. The van der Waals surface area contributed by atoms with E-state index in [0.29, 0.717) is 6.10 Å². The van der Waals surface area contributed by atoms with Crippen molar-refractivity contribution in [2.24, 2.45) is 0 Å². The summed E-state index contributed by atoms with van der Waals surface area (Å²) < 4.78 is 54.4. The highest BCUT2D eigenvalue weighted by Crippen LogP contribution is 2.31. The second-order valence-corrected chi connectivity index (χ2v) is 32.0. The first-order chi connectivity index (χ1) is 59.4. The van der Waals surface area contributed by atoms with E-state index in [-0.39, 0.29) is 12.2 Å². The molecule has 0 unspecified atom stereocenters. The van der Waals surface area contributed by atoms with Crippen molar-refractivity contribution in [3.8, 4) is 28.7 Å². The molecule has 5 aliphatic carbocycles. The second-order valence-electron chi connectivity index (χ2n) is 32.0. The number of methoxy groups -OCH3 is 3. The number of ether oxygens (including phenoxy) is 10. The van der Waals surface area contributed by atoms with Crippen LogP contribution in [0.25, 0.3) is 6.08 Å². The van der Waals surface area contributed by atoms with Gasteiger partial charge >= 0.3 is 0 Å². The standard InChI is InChI=1S/C17H26O2.C15H22O.C14H20O.C13H18O2.2C12H22O.C11H14.C9H10O.C8H14O/c1-3-16-10-12-17(13-11-16)19-15-9-7-5-4-6-8-14-18-2;1-2-3-4-5-6-11-16-15-10-9-13-7-8-14(13)12-15;1-2-3-4-5-10-15-14-9-8-12-6-7-13(12)11-14;1-14-8-2-3-9-15-13-7-6-11-4-5-12(11)10-13;1-4-7-8-9-10-11-13-12(5-2)6-3;1-4-7-8-11-13-12(9-5-2)10-6-3;1-2-3-9-4-5-10-6-7-11(10)8-9;1-10-9-5-4-7-2-3-8(7)6-9;1-4-7-9-8(5-2)6-3/h3,10-13H,1,4-9,14-15H2,2H3;9-10,12H,2-8,11H2,1H3;8-9,11H,2-7,10H2,1H3;6-7,10H,2-5,8-9H2,1H3;2*5-6,12H,2-4,7-11H2,1H3;4-5,8H,2-3,6-7H2,1H3;4-6H,2-3H2,1H3;5-6,8H,2-4,7H2,1H3. The third-order valence-electron chi connectivity index (χ3n) is 22.0. The minimum atomic E-state index is 0.0324. The van der Waals surface area contributed by atoms with E-state index in [2.05, 4.69) is 173 Å². The van der Waals surface area contributed by atoms with Gasteiger partial charge in [0.2, 0.25) is 0 Å². The molecule has 0 N–H and O–H groups in total. The van der Waals surface area contributed by atoms with E-state index >= 15 is 0 Å². The summed E-state index contributed by atoms with van der Waals surface area (Å²) in [5.41, 5.74) is 17.7. The highest BCUT2D eigenvalue weighted by Gasteiger charge is 2.17. The lowest BCUT2D eigenvalue weighted by molar-refractivity contribution is 0.0549. The lowest BCUT2D eigenvalue weighted by atomic mass is 9.87. The van der Waals surface area contributed by atoms with Crippen molar-refractivity contribution in [1.82, 2.24) is 0 Å². The van der Waals surface area contributed by atoms with E-state index in [4.69, 9.17) is 47.4 Å². The lowest BCUT2D eigenvalue weighted by Gasteiger charge is -2.19. The van der Waals surface area contributed by atoms with Crippen molar-refractivity contribution in [2.45, 2.75) is 317 Å². The summed E-state index contributed by atoms with van der Waals surface area (Å²) in [6.07, 6.45) is 62.2. The Hall–Kier alpha value is -7.70. The van der Waals surface area contributed by atoms with Gasteiger partial charge in [0, 0.05) is 47.3 Å². The fourth-order valence-electron chi connectivity index (χ4n) is 13.7. The summed E-state index contributed by atoms with van der Waals surface area (Å²) in [6.45, 7) is 46.4. The number of hydrogen-bond acceptors (Lipinski definition) is 10. The molecule has 0 radical (unpaired) electrons. The maximum Gasteiger partial charge on any atom is 0.119 e. The Morgan fingerprint density at radius 1 is 0.273 bits per heavy atom. The van der Waals surface area contributed by atoms with E-state index in [0.717, 1.165) is 139 Å². The molecule has 0 spiro atoms. The zero-order chi connectivity index (χ0) is 87.7. The van der Waals surface area contributed by atoms with Gasteiger partial charge in [0.15, 0.2) is 0 Å². The van der Waals surface area contributed by atoms with Gasteiger partial charge in [-0.15, -0.1) is 39.5 Å². The molecule has 6 aromatic carbocycles. The largest absolute Gasteiger partial charge is 0.497 e. The van der Waals surface area contributed by atoms with E-state index in [1.807, 2.05) is 48.6 Å². The predicted molar refractivity (Wildman–Crippen MR) is 520 cm³/mol. The number of unbranched alkanes of at least 4 members (excludes halogenated alkanes) is 19. The molecule has 0 aromatic heterocycles. The topological polar surface area (TPSA) is 92.3 Å². The second kappa shape index (κ2) is 73.8. The van der Waals surface area contributed by atoms with Gasteiger partial charge in [-0.05, 0) is 269 Å². The Morgan fingerprint density at radius 3 is 0.917 bits per heavy atom. The molecule has 0 fully saturated rings. The monoisotopic (exact) mass is 1660 g/mol. The average molecular weight is 1660 g/mol. The van der Waals surface area contributed by atoms with Crippen LogP contribution in [0.1, 0.15) is 295 Å². The van der Waals surface area contributed by atoms with Crippen LogP contribution in [-0.4, -0.2) is 99.1 Å². The first-order valence-electron chi connectivity index (χ1n) is 47.3. The fraction of sp³-hybridized carbons (Fsp3) is 0.550. The van der Waals surface area contributed by atoms with Crippen LogP contribution >= 0.6 is 0 Å². The maximum atomic E-state index is 5.76. The van der Waals surface area contributed by atoms with Crippen LogP contribution in [0.15, 0.2) is 198 Å². The number of hydrogen-bond donors (Lipinski definition) is 0. The maximum absolute atomic E-state index is 5.76. The molecule has 10 heteroatoms. The van der Waals surface area contributed by atoms with E-state index in [1.165, 1.54) is 262 Å². The molecule has 5 aliphatic rings. The predicted octanol–water partition coefficient (Wildman–Crippen LogP) is 29.3. The molecule has 121 heavy (non-hydrogen) atoms. The van der Waals surface area contributed by atoms with Crippen molar-refractivity contribution < 1.29 is 47.4 Å². The average Bonchev–Trinajstić information content (AvgIpc) is 0.845. The smallest absolute Gasteiger partial charge is 0.119 e. The van der Waals surface area contributed by atoms with Crippen molar-refractivity contribution in [3.05, 3.63) is 265 Å². The van der Waals surface area contributed by atoms with Crippen LogP contribution in [0.5, 0.6) is 28.7 Å². The molecule has 10 nitrogen and oxygen atoms in total. The normalized spacial score (nSPS) is 11.9. The molecule has 0 bridgehead atoms. The molecule has 6 aromatic rings. The third kappa shape index (κ3) is 50.6. The minimum absolute atomic E-state index is 0.0324. The Morgan fingerprint density at radius 2 is 0.570 bits per heavy atom. The van der Waals surface area contributed by atoms with Gasteiger partial charge < -0.3 is 47.4 Å². The molecule has 0 saturated carbocycles. The summed E-state index contributed by atoms with van der Waals surface area (Å²) in [7, 11) is 5.21. The number of aryl methyl sites for hydroxylation is 11. The van der Waals surface area contributed by atoms with Gasteiger partial charge in [-0.25, -0.2) is 0 Å². The van der Waals surface area contributed by atoms with Crippen LogP contribution in [0.3, 0.4) is 0 Å². The zero-order valence-electron chi connectivity index (χ0n) is 77.9. The van der Waals surface area contributed by atoms with Crippen LogP contribution < -0.4 is 23.7 Å². The highest BCUT2D eigenvalue weighted by atomic mass is 16.5. The van der Waals surface area contributed by atoms with Gasteiger partial charge in [-0.3, -0.25) is 0 Å². The fourth-order valence-corrected chi connectivity index (χ4v) is 13.7. The van der Waals surface area contributed by atoms with E-state index < -0.39 is 0 Å². The molecule has 0 aliphatic heterocycles. The van der Waals surface area contributed by atoms with Crippen LogP contribution in [0.4, 0.5) is 0 Å². The molecule has 0 atom stereocenters. The van der Waals surface area contributed by atoms with E-state index in [1.54, 1.807) is 56.8 Å². The first-order valence-corrected chi connectivity index (χ1v) is 47.3. The molecule has 0 saturated heterocycles. The Kier molecular flexibility index (Phi) is 65.6. The molecular formula is C111H168O10. The number of fused-ring (bicyclic) bond motifs is 5. The Balaban J connectivity index is 0.000000354.